The van der Waals surface area contributed by atoms with Gasteiger partial charge >= 0.3 is 0 Å². The summed E-state index contributed by atoms with van der Waals surface area (Å²) in [6.07, 6.45) is 0. The highest BCUT2D eigenvalue weighted by molar-refractivity contribution is 9.10. The quantitative estimate of drug-likeness (QED) is 0.914. The maximum absolute atomic E-state index is 11.7. The van der Waals surface area contributed by atoms with Crippen LogP contribution in [0.1, 0.15) is 5.56 Å². The predicted octanol–water partition coefficient (Wildman–Crippen LogP) is 3.60. The third-order valence-corrected chi connectivity index (χ3v) is 2.95. The molecule has 0 aromatic heterocycles. The Bertz CT molecular complexity index is 543. The first-order valence-electron chi connectivity index (χ1n) is 5.91. The second kappa shape index (κ2) is 7.07. The molecule has 0 bridgehead atoms. The highest BCUT2D eigenvalue weighted by Crippen LogP contribution is 2.15. The Labute approximate surface area is 120 Å². The van der Waals surface area contributed by atoms with E-state index in [2.05, 4.69) is 21.2 Å². The first-order chi connectivity index (χ1) is 9.24. The van der Waals surface area contributed by atoms with E-state index in [9.17, 15) is 4.79 Å². The Morgan fingerprint density at radius 1 is 1.11 bits per heavy atom. The Hall–Kier alpha value is -1.65. The molecule has 0 heterocycles. The molecule has 98 valence electrons. The Kier molecular flexibility index (Phi) is 5.12. The van der Waals surface area contributed by atoms with Gasteiger partial charge in [0, 0.05) is 10.2 Å². The van der Waals surface area contributed by atoms with Crippen molar-refractivity contribution in [2.45, 2.75) is 6.61 Å². The van der Waals surface area contributed by atoms with Crippen LogP contribution in [0.5, 0.6) is 0 Å². The minimum Gasteiger partial charge on any atom is -0.367 e. The van der Waals surface area contributed by atoms with Gasteiger partial charge in [-0.15, -0.1) is 0 Å². The number of amides is 1. The van der Waals surface area contributed by atoms with Gasteiger partial charge in [-0.05, 0) is 23.8 Å². The molecule has 1 amide bonds. The lowest BCUT2D eigenvalue weighted by Gasteiger charge is -2.06. The van der Waals surface area contributed by atoms with Gasteiger partial charge in [-0.1, -0.05) is 52.3 Å². The van der Waals surface area contributed by atoms with Crippen LogP contribution in [0.3, 0.4) is 0 Å². The van der Waals surface area contributed by atoms with Crippen LogP contribution in [0.25, 0.3) is 0 Å². The number of hydrogen-bond donors (Lipinski definition) is 1. The first-order valence-corrected chi connectivity index (χ1v) is 6.70. The number of carbonyl (C=O) groups excluding carboxylic acids is 1. The van der Waals surface area contributed by atoms with Gasteiger partial charge in [0.25, 0.3) is 0 Å². The molecule has 0 radical (unpaired) electrons. The summed E-state index contributed by atoms with van der Waals surface area (Å²) in [5.41, 5.74) is 1.81. The fourth-order valence-electron chi connectivity index (χ4n) is 1.60. The lowest BCUT2D eigenvalue weighted by Crippen LogP contribution is -2.18. The molecule has 0 saturated heterocycles. The summed E-state index contributed by atoms with van der Waals surface area (Å²) in [7, 11) is 0. The monoisotopic (exact) mass is 319 g/mol. The molecular formula is C15H14BrNO2. The number of benzene rings is 2. The van der Waals surface area contributed by atoms with Crippen molar-refractivity contribution in [1.29, 1.82) is 0 Å². The van der Waals surface area contributed by atoms with Gasteiger partial charge in [0.1, 0.15) is 6.61 Å². The molecule has 0 aliphatic carbocycles. The molecule has 2 aromatic carbocycles. The molecular weight excluding hydrogens is 306 g/mol. The minimum atomic E-state index is -0.158. The number of hydrogen-bond acceptors (Lipinski definition) is 2. The average molecular weight is 320 g/mol. The maximum atomic E-state index is 11.7. The van der Waals surface area contributed by atoms with Crippen molar-refractivity contribution in [2.24, 2.45) is 0 Å². The van der Waals surface area contributed by atoms with Crippen LogP contribution in [0.2, 0.25) is 0 Å². The molecule has 19 heavy (non-hydrogen) atoms. The number of carbonyl (C=O) groups is 1. The summed E-state index contributed by atoms with van der Waals surface area (Å²) in [5, 5.41) is 2.78. The summed E-state index contributed by atoms with van der Waals surface area (Å²) in [4.78, 5) is 11.7. The van der Waals surface area contributed by atoms with E-state index in [0.29, 0.717) is 6.61 Å². The standard InChI is InChI=1S/C15H14BrNO2/c16-13-7-4-8-14(9-13)17-15(18)11-19-10-12-5-2-1-3-6-12/h1-9H,10-11H2,(H,17,18). The summed E-state index contributed by atoms with van der Waals surface area (Å²) in [5.74, 6) is -0.158. The van der Waals surface area contributed by atoms with E-state index in [0.717, 1.165) is 15.7 Å². The number of rotatable bonds is 5. The zero-order valence-corrected chi connectivity index (χ0v) is 11.9. The second-order valence-corrected chi connectivity index (χ2v) is 4.95. The van der Waals surface area contributed by atoms with E-state index in [1.54, 1.807) is 0 Å². The van der Waals surface area contributed by atoms with Gasteiger partial charge in [-0.3, -0.25) is 4.79 Å². The predicted molar refractivity (Wildman–Crippen MR) is 78.9 cm³/mol. The fourth-order valence-corrected chi connectivity index (χ4v) is 2.00. The van der Waals surface area contributed by atoms with Crippen LogP contribution in [0.15, 0.2) is 59.1 Å². The van der Waals surface area contributed by atoms with Gasteiger partial charge < -0.3 is 10.1 Å². The molecule has 3 nitrogen and oxygen atoms in total. The van der Waals surface area contributed by atoms with E-state index in [1.165, 1.54) is 0 Å². The Balaban J connectivity index is 1.76. The third-order valence-electron chi connectivity index (χ3n) is 2.45. The van der Waals surface area contributed by atoms with Crippen LogP contribution in [0.4, 0.5) is 5.69 Å². The lowest BCUT2D eigenvalue weighted by molar-refractivity contribution is -0.121. The van der Waals surface area contributed by atoms with Crippen molar-refractivity contribution in [3.63, 3.8) is 0 Å². The van der Waals surface area contributed by atoms with E-state index < -0.39 is 0 Å². The summed E-state index contributed by atoms with van der Waals surface area (Å²) >= 11 is 3.35. The zero-order chi connectivity index (χ0) is 13.5. The zero-order valence-electron chi connectivity index (χ0n) is 10.3. The van der Waals surface area contributed by atoms with E-state index in [-0.39, 0.29) is 12.5 Å². The molecule has 4 heteroatoms. The molecule has 0 unspecified atom stereocenters. The van der Waals surface area contributed by atoms with Gasteiger partial charge in [0.2, 0.25) is 5.91 Å². The van der Waals surface area contributed by atoms with E-state index >= 15 is 0 Å². The van der Waals surface area contributed by atoms with Gasteiger partial charge in [-0.25, -0.2) is 0 Å². The van der Waals surface area contributed by atoms with Crippen molar-refractivity contribution in [1.82, 2.24) is 0 Å². The molecule has 0 aliphatic rings. The maximum Gasteiger partial charge on any atom is 0.250 e. The molecule has 2 aromatic rings. The third kappa shape index (κ3) is 4.85. The molecule has 0 fully saturated rings. The molecule has 0 aliphatic heterocycles. The average Bonchev–Trinajstić information content (AvgIpc) is 2.40. The topological polar surface area (TPSA) is 38.3 Å². The molecule has 0 spiro atoms. The van der Waals surface area contributed by atoms with Crippen LogP contribution >= 0.6 is 15.9 Å². The number of halogens is 1. The summed E-state index contributed by atoms with van der Waals surface area (Å²) in [6.45, 7) is 0.480. The SMILES string of the molecule is O=C(COCc1ccccc1)Nc1cccc(Br)c1. The number of anilines is 1. The van der Waals surface area contributed by atoms with Crippen molar-refractivity contribution in [2.75, 3.05) is 11.9 Å². The fraction of sp³-hybridized carbons (Fsp3) is 0.133. The second-order valence-electron chi connectivity index (χ2n) is 4.04. The van der Waals surface area contributed by atoms with E-state index in [1.807, 2.05) is 54.6 Å². The highest BCUT2D eigenvalue weighted by Gasteiger charge is 2.03. The normalized spacial score (nSPS) is 10.2. The van der Waals surface area contributed by atoms with Crippen molar-refractivity contribution in [3.8, 4) is 0 Å². The number of nitrogens with one attached hydrogen (secondary N) is 1. The smallest absolute Gasteiger partial charge is 0.250 e. The van der Waals surface area contributed by atoms with Gasteiger partial charge in [0.05, 0.1) is 6.61 Å². The van der Waals surface area contributed by atoms with Gasteiger partial charge in [-0.2, -0.15) is 0 Å². The van der Waals surface area contributed by atoms with Crippen LogP contribution in [-0.2, 0) is 16.1 Å². The van der Waals surface area contributed by atoms with Crippen molar-refractivity contribution >= 4 is 27.5 Å². The molecule has 2 rings (SSSR count). The largest absolute Gasteiger partial charge is 0.367 e. The van der Waals surface area contributed by atoms with Crippen molar-refractivity contribution < 1.29 is 9.53 Å². The minimum absolute atomic E-state index is 0.0431. The molecule has 0 atom stereocenters. The van der Waals surface area contributed by atoms with E-state index in [4.69, 9.17) is 4.74 Å². The summed E-state index contributed by atoms with van der Waals surface area (Å²) in [6, 6.07) is 17.2. The Morgan fingerprint density at radius 3 is 2.63 bits per heavy atom. The summed E-state index contributed by atoms with van der Waals surface area (Å²) < 4.78 is 6.29. The van der Waals surface area contributed by atoms with Crippen molar-refractivity contribution in [3.05, 3.63) is 64.6 Å². The van der Waals surface area contributed by atoms with Crippen LogP contribution in [0, 0.1) is 0 Å². The van der Waals surface area contributed by atoms with Gasteiger partial charge in [0.15, 0.2) is 0 Å². The molecule has 0 saturated carbocycles. The lowest BCUT2D eigenvalue weighted by atomic mass is 10.2. The van der Waals surface area contributed by atoms with Crippen LogP contribution < -0.4 is 5.32 Å². The Morgan fingerprint density at radius 2 is 1.89 bits per heavy atom. The van der Waals surface area contributed by atoms with Crippen LogP contribution in [-0.4, -0.2) is 12.5 Å². The first kappa shape index (κ1) is 13.8. The highest BCUT2D eigenvalue weighted by atomic mass is 79.9. The molecule has 1 N–H and O–H groups in total. The number of ether oxygens (including phenoxy) is 1.